The summed E-state index contributed by atoms with van der Waals surface area (Å²) in [6, 6.07) is 60.5. The van der Waals surface area contributed by atoms with E-state index in [1.165, 1.54) is 53.3 Å². The third kappa shape index (κ3) is 6.17. The minimum atomic E-state index is -4.01. The molecule has 222 valence electrons. The summed E-state index contributed by atoms with van der Waals surface area (Å²) in [5, 5.41) is 0. The van der Waals surface area contributed by atoms with Crippen LogP contribution in [0.25, 0.3) is 20.0 Å². The van der Waals surface area contributed by atoms with E-state index in [1.807, 2.05) is 0 Å². The molecule has 6 aromatic carbocycles. The van der Waals surface area contributed by atoms with Crippen LogP contribution in [0.3, 0.4) is 0 Å². The van der Waals surface area contributed by atoms with E-state index >= 15 is 0 Å². The molecule has 0 unspecified atom stereocenters. The fraction of sp³-hybridized carbons (Fsp3) is 0.0435. The van der Waals surface area contributed by atoms with Crippen LogP contribution >= 0.6 is 0 Å². The van der Waals surface area contributed by atoms with E-state index in [1.54, 1.807) is 0 Å². The Morgan fingerprint density at radius 3 is 0.957 bits per heavy atom. The molecule has 0 aromatic heterocycles. The molecular weight excluding hydrogens is 625 g/mol. The fourth-order valence-corrected chi connectivity index (χ4v) is 14.7. The zero-order valence-corrected chi connectivity index (χ0v) is 28.8. The van der Waals surface area contributed by atoms with Gasteiger partial charge in [0.15, 0.2) is 0 Å². The summed E-state index contributed by atoms with van der Waals surface area (Å²) in [6.07, 6.45) is 0. The first-order chi connectivity index (χ1) is 23.1. The van der Waals surface area contributed by atoms with Crippen molar-refractivity contribution >= 4 is 33.2 Å². The van der Waals surface area contributed by atoms with Crippen molar-refractivity contribution in [1.82, 2.24) is 0 Å². The summed E-state index contributed by atoms with van der Waals surface area (Å²) in [5.74, 6) is 7.41. The second kappa shape index (κ2) is 13.4. The van der Waals surface area contributed by atoms with Crippen LogP contribution in [0.5, 0.6) is 0 Å². The molecule has 0 amide bonds. The molecule has 0 N–H and O–H groups in total. The van der Waals surface area contributed by atoms with Gasteiger partial charge in [-0.05, 0) is 0 Å². The van der Waals surface area contributed by atoms with Gasteiger partial charge in [-0.15, -0.1) is 0 Å². The molecule has 0 atom stereocenters. The third-order valence-corrected chi connectivity index (χ3v) is 16.1. The molecule has 0 aliphatic carbocycles. The predicted octanol–water partition coefficient (Wildman–Crippen LogP) is 10.5. The number of hydrogen-bond acceptors (Lipinski definition) is 0. The summed E-state index contributed by atoms with van der Waals surface area (Å²) in [5.41, 5.74) is 11.7. The molecule has 7 rings (SSSR count). The number of allylic oxidation sites excluding steroid dienone is 2. The van der Waals surface area contributed by atoms with Gasteiger partial charge in [0.1, 0.15) is 0 Å². The van der Waals surface area contributed by atoms with Gasteiger partial charge >= 0.3 is 283 Å². The van der Waals surface area contributed by atoms with E-state index in [-0.39, 0.29) is 0 Å². The molecule has 0 bridgehead atoms. The Morgan fingerprint density at radius 1 is 0.340 bits per heavy atom. The topological polar surface area (TPSA) is 0 Å². The van der Waals surface area contributed by atoms with E-state index in [2.05, 4.69) is 205 Å². The Kier molecular flexibility index (Phi) is 8.62. The molecule has 0 saturated carbocycles. The number of hydrogen-bond donors (Lipinski definition) is 0. The summed E-state index contributed by atoms with van der Waals surface area (Å²) in [6.45, 7) is 4.23. The van der Waals surface area contributed by atoms with Gasteiger partial charge in [-0.2, -0.15) is 0 Å². The maximum atomic E-state index is 4.06. The first-order valence-corrected chi connectivity index (χ1v) is 20.2. The summed E-state index contributed by atoms with van der Waals surface area (Å²) in [7, 11) is 0. The second-order valence-electron chi connectivity index (χ2n) is 11.9. The number of aryl methyl sites for hydroxylation is 2. The predicted molar refractivity (Wildman–Crippen MR) is 201 cm³/mol. The first-order valence-electron chi connectivity index (χ1n) is 16.0. The van der Waals surface area contributed by atoms with Gasteiger partial charge < -0.3 is 0 Å². The summed E-state index contributed by atoms with van der Waals surface area (Å²) >= 11 is -4.01. The second-order valence-corrected chi connectivity index (χ2v) is 18.2. The standard InChI is InChI=1S/C46H34Ge/c1-35-23-27-37(28-24-35)31-33-47(34-32-38-29-25-36(2)26-30-38)45(41-19-11-5-12-20-41)43(39-15-7-3-8-16-39)44(40-17-9-4-10-18-40)46(47)42-21-13-6-14-22-42/h3-30H,1-2H3. The van der Waals surface area contributed by atoms with Crippen LogP contribution in [0.2, 0.25) is 0 Å². The molecular formula is C46H34Ge. The van der Waals surface area contributed by atoms with Crippen LogP contribution in [0.4, 0.5) is 0 Å². The van der Waals surface area contributed by atoms with Gasteiger partial charge in [0.2, 0.25) is 0 Å². The van der Waals surface area contributed by atoms with Crippen molar-refractivity contribution in [2.45, 2.75) is 13.8 Å². The first kappa shape index (κ1) is 30.1. The zero-order valence-electron chi connectivity index (χ0n) is 26.7. The van der Waals surface area contributed by atoms with Gasteiger partial charge in [-0.3, -0.25) is 0 Å². The van der Waals surface area contributed by atoms with Crippen molar-refractivity contribution in [1.29, 1.82) is 0 Å². The minimum absolute atomic E-state index is 1.01. The van der Waals surface area contributed by atoms with Crippen LogP contribution in [0.15, 0.2) is 170 Å². The quantitative estimate of drug-likeness (QED) is 0.131. The van der Waals surface area contributed by atoms with E-state index in [4.69, 9.17) is 0 Å². The Balaban J connectivity index is 1.68. The fourth-order valence-electron chi connectivity index (χ4n) is 6.36. The van der Waals surface area contributed by atoms with Crippen molar-refractivity contribution < 1.29 is 0 Å². The zero-order chi connectivity index (χ0) is 32.1. The van der Waals surface area contributed by atoms with E-state index in [0.717, 1.165) is 11.1 Å². The molecule has 47 heavy (non-hydrogen) atoms. The molecule has 6 aromatic rings. The summed E-state index contributed by atoms with van der Waals surface area (Å²) in [4.78, 5) is 0. The van der Waals surface area contributed by atoms with Gasteiger partial charge in [-0.1, -0.05) is 0 Å². The van der Waals surface area contributed by atoms with E-state index in [9.17, 15) is 0 Å². The monoisotopic (exact) mass is 660 g/mol. The van der Waals surface area contributed by atoms with Crippen LogP contribution in [-0.4, -0.2) is 13.3 Å². The van der Waals surface area contributed by atoms with Crippen molar-refractivity contribution in [3.8, 4) is 21.3 Å². The van der Waals surface area contributed by atoms with Gasteiger partial charge in [-0.25, -0.2) is 0 Å². The molecule has 1 heterocycles. The molecule has 0 radical (unpaired) electrons. The van der Waals surface area contributed by atoms with Gasteiger partial charge in [0.05, 0.1) is 0 Å². The number of rotatable bonds is 4. The molecule has 0 spiro atoms. The van der Waals surface area contributed by atoms with Crippen molar-refractivity contribution in [3.05, 3.63) is 214 Å². The summed E-state index contributed by atoms with van der Waals surface area (Å²) < 4.78 is 10.7. The maximum absolute atomic E-state index is 4.06. The van der Waals surface area contributed by atoms with Crippen molar-refractivity contribution in [2.24, 2.45) is 0 Å². The van der Waals surface area contributed by atoms with Crippen LogP contribution in [-0.2, 0) is 0 Å². The van der Waals surface area contributed by atoms with Crippen LogP contribution < -0.4 is 0 Å². The van der Waals surface area contributed by atoms with Crippen molar-refractivity contribution in [2.75, 3.05) is 0 Å². The van der Waals surface area contributed by atoms with Crippen LogP contribution in [0.1, 0.15) is 44.5 Å². The molecule has 1 aliphatic rings. The molecule has 0 saturated heterocycles. The van der Waals surface area contributed by atoms with Gasteiger partial charge in [0, 0.05) is 0 Å². The normalized spacial score (nSPS) is 13.4. The number of benzene rings is 6. The van der Waals surface area contributed by atoms with Crippen molar-refractivity contribution in [3.63, 3.8) is 0 Å². The SMILES string of the molecule is Cc1ccc(C#[C][Ge]2([C]#Cc3ccc(C)cc3)[C](c3ccccc3)=C(c3ccccc3)C(c3ccccc3)=[C]2c2ccccc2)cc1. The Hall–Kier alpha value is -5.54. The van der Waals surface area contributed by atoms with Crippen LogP contribution in [0, 0.1) is 35.2 Å². The molecule has 0 nitrogen and oxygen atoms in total. The van der Waals surface area contributed by atoms with Gasteiger partial charge in [0.25, 0.3) is 0 Å². The molecule has 0 fully saturated rings. The molecule has 1 aliphatic heterocycles. The van der Waals surface area contributed by atoms with E-state index in [0.29, 0.717) is 0 Å². The Bertz CT molecular complexity index is 2040. The van der Waals surface area contributed by atoms with E-state index < -0.39 is 13.3 Å². The Labute approximate surface area is 281 Å². The third-order valence-electron chi connectivity index (χ3n) is 8.64. The average Bonchev–Trinajstić information content (AvgIpc) is 3.43. The molecule has 1 heteroatoms. The Morgan fingerprint density at radius 2 is 0.638 bits per heavy atom. The average molecular weight is 659 g/mol.